The van der Waals surface area contributed by atoms with Gasteiger partial charge in [0.1, 0.15) is 5.75 Å². The van der Waals surface area contributed by atoms with E-state index in [1.807, 2.05) is 18.2 Å². The van der Waals surface area contributed by atoms with E-state index >= 15 is 0 Å². The maximum atomic E-state index is 11.2. The quantitative estimate of drug-likeness (QED) is 0.754. The molecule has 0 bridgehead atoms. The van der Waals surface area contributed by atoms with Crippen LogP contribution in [0.4, 0.5) is 0 Å². The van der Waals surface area contributed by atoms with Gasteiger partial charge in [-0.2, -0.15) is 5.10 Å². The predicted molar refractivity (Wildman–Crippen MR) is 52.1 cm³/mol. The lowest BCUT2D eigenvalue weighted by Crippen LogP contribution is -2.33. The van der Waals surface area contributed by atoms with E-state index in [2.05, 4.69) is 10.5 Å². The highest BCUT2D eigenvalue weighted by atomic mass is 16.5. The molecule has 0 aliphatic carbocycles. The number of amides is 1. The van der Waals surface area contributed by atoms with Crippen LogP contribution >= 0.6 is 0 Å². The summed E-state index contributed by atoms with van der Waals surface area (Å²) < 4.78 is 5.46. The molecule has 1 amide bonds. The SMILES string of the molecule is CC1=NNC(=O)[C@H]1Oc1ccccc1. The number of carbonyl (C=O) groups excluding carboxylic acids is 1. The van der Waals surface area contributed by atoms with E-state index in [1.165, 1.54) is 0 Å². The second kappa shape index (κ2) is 3.49. The molecule has 1 aliphatic heterocycles. The predicted octanol–water partition coefficient (Wildman–Crippen LogP) is 0.940. The van der Waals surface area contributed by atoms with Crippen LogP contribution in [0.25, 0.3) is 0 Å². The molecule has 1 aromatic rings. The average Bonchev–Trinajstić information content (AvgIpc) is 2.51. The number of hydrogen-bond acceptors (Lipinski definition) is 3. The summed E-state index contributed by atoms with van der Waals surface area (Å²) in [6.07, 6.45) is -0.586. The van der Waals surface area contributed by atoms with Gasteiger partial charge in [0, 0.05) is 0 Å². The number of rotatable bonds is 2. The summed E-state index contributed by atoms with van der Waals surface area (Å²) in [5.41, 5.74) is 3.02. The molecular formula is C10H10N2O2. The number of hydrazone groups is 1. The van der Waals surface area contributed by atoms with Crippen molar-refractivity contribution in [1.82, 2.24) is 5.43 Å². The first-order valence-electron chi connectivity index (χ1n) is 4.33. The summed E-state index contributed by atoms with van der Waals surface area (Å²) in [6.45, 7) is 1.76. The molecule has 0 saturated heterocycles. The summed E-state index contributed by atoms with van der Waals surface area (Å²) >= 11 is 0. The van der Waals surface area contributed by atoms with E-state index in [-0.39, 0.29) is 5.91 Å². The highest BCUT2D eigenvalue weighted by Gasteiger charge is 2.28. The maximum Gasteiger partial charge on any atom is 0.287 e. The third-order valence-corrected chi connectivity index (χ3v) is 1.96. The largest absolute Gasteiger partial charge is 0.474 e. The lowest BCUT2D eigenvalue weighted by atomic mass is 10.2. The van der Waals surface area contributed by atoms with Crippen molar-refractivity contribution < 1.29 is 9.53 Å². The second-order valence-electron chi connectivity index (χ2n) is 3.04. The minimum absolute atomic E-state index is 0.216. The van der Waals surface area contributed by atoms with Gasteiger partial charge in [-0.3, -0.25) is 4.79 Å². The van der Waals surface area contributed by atoms with Crippen LogP contribution < -0.4 is 10.2 Å². The van der Waals surface area contributed by atoms with Crippen molar-refractivity contribution in [1.29, 1.82) is 0 Å². The molecule has 1 heterocycles. The van der Waals surface area contributed by atoms with Crippen LogP contribution in [0.3, 0.4) is 0 Å². The Bertz CT molecular complexity index is 373. The Morgan fingerprint density at radius 1 is 1.36 bits per heavy atom. The molecule has 72 valence electrons. The fraction of sp³-hybridized carbons (Fsp3) is 0.200. The Kier molecular flexibility index (Phi) is 2.18. The second-order valence-corrected chi connectivity index (χ2v) is 3.04. The first-order chi connectivity index (χ1) is 6.77. The van der Waals surface area contributed by atoms with E-state index in [0.717, 1.165) is 0 Å². The molecule has 0 aromatic heterocycles. The van der Waals surface area contributed by atoms with Crippen molar-refractivity contribution >= 4 is 11.6 Å². The molecule has 4 heteroatoms. The van der Waals surface area contributed by atoms with Gasteiger partial charge in [0.15, 0.2) is 0 Å². The molecule has 0 spiro atoms. The Morgan fingerprint density at radius 3 is 2.64 bits per heavy atom. The molecule has 1 N–H and O–H groups in total. The minimum Gasteiger partial charge on any atom is -0.474 e. The van der Waals surface area contributed by atoms with Crippen molar-refractivity contribution in [2.75, 3.05) is 0 Å². The zero-order valence-electron chi connectivity index (χ0n) is 7.73. The van der Waals surface area contributed by atoms with Crippen molar-refractivity contribution in [2.24, 2.45) is 5.10 Å². The first kappa shape index (κ1) is 8.74. The Labute approximate surface area is 81.6 Å². The molecule has 1 aliphatic rings. The maximum absolute atomic E-state index is 11.2. The fourth-order valence-electron chi connectivity index (χ4n) is 1.22. The molecule has 0 radical (unpaired) electrons. The molecule has 0 saturated carbocycles. The van der Waals surface area contributed by atoms with E-state index < -0.39 is 6.10 Å². The van der Waals surface area contributed by atoms with Gasteiger partial charge >= 0.3 is 0 Å². The van der Waals surface area contributed by atoms with E-state index in [4.69, 9.17) is 4.74 Å². The van der Waals surface area contributed by atoms with E-state index in [1.54, 1.807) is 19.1 Å². The molecule has 0 unspecified atom stereocenters. The zero-order valence-corrected chi connectivity index (χ0v) is 7.73. The third kappa shape index (κ3) is 1.59. The van der Waals surface area contributed by atoms with Crippen LogP contribution in [0.5, 0.6) is 5.75 Å². The van der Waals surface area contributed by atoms with Gasteiger partial charge in [-0.25, -0.2) is 5.43 Å². The normalized spacial score (nSPS) is 20.2. The summed E-state index contributed by atoms with van der Waals surface area (Å²) in [5.74, 6) is 0.454. The van der Waals surface area contributed by atoms with Gasteiger partial charge in [0.25, 0.3) is 5.91 Å². The van der Waals surface area contributed by atoms with Gasteiger partial charge in [-0.05, 0) is 19.1 Å². The molecule has 1 atom stereocenters. The summed E-state index contributed by atoms with van der Waals surface area (Å²) in [6, 6.07) is 9.21. The van der Waals surface area contributed by atoms with Crippen molar-refractivity contribution in [3.8, 4) is 5.75 Å². The molecule has 14 heavy (non-hydrogen) atoms. The Balaban J connectivity index is 2.12. The zero-order chi connectivity index (χ0) is 9.97. The molecule has 1 aromatic carbocycles. The number of nitrogens with zero attached hydrogens (tertiary/aromatic N) is 1. The monoisotopic (exact) mass is 190 g/mol. The fourth-order valence-corrected chi connectivity index (χ4v) is 1.22. The topological polar surface area (TPSA) is 50.7 Å². The van der Waals surface area contributed by atoms with Crippen LogP contribution in [0.2, 0.25) is 0 Å². The lowest BCUT2D eigenvalue weighted by Gasteiger charge is -2.10. The van der Waals surface area contributed by atoms with Gasteiger partial charge in [-0.1, -0.05) is 18.2 Å². The van der Waals surface area contributed by atoms with Crippen LogP contribution in [0.15, 0.2) is 35.4 Å². The van der Waals surface area contributed by atoms with Crippen molar-refractivity contribution in [3.63, 3.8) is 0 Å². The van der Waals surface area contributed by atoms with Gasteiger partial charge < -0.3 is 4.74 Å². The minimum atomic E-state index is -0.586. The summed E-state index contributed by atoms with van der Waals surface area (Å²) in [4.78, 5) is 11.2. The highest BCUT2D eigenvalue weighted by molar-refractivity contribution is 6.09. The Hall–Kier alpha value is -1.84. The number of hydrogen-bond donors (Lipinski definition) is 1. The Morgan fingerprint density at radius 2 is 2.07 bits per heavy atom. The third-order valence-electron chi connectivity index (χ3n) is 1.96. The van der Waals surface area contributed by atoms with Crippen LogP contribution in [0, 0.1) is 0 Å². The molecule has 4 nitrogen and oxygen atoms in total. The van der Waals surface area contributed by atoms with Gasteiger partial charge in [0.05, 0.1) is 5.71 Å². The summed E-state index contributed by atoms with van der Waals surface area (Å²) in [7, 11) is 0. The molecular weight excluding hydrogens is 180 g/mol. The number of benzene rings is 1. The van der Waals surface area contributed by atoms with Crippen molar-refractivity contribution in [2.45, 2.75) is 13.0 Å². The van der Waals surface area contributed by atoms with E-state index in [9.17, 15) is 4.79 Å². The number of para-hydroxylation sites is 1. The van der Waals surface area contributed by atoms with Crippen LogP contribution in [-0.4, -0.2) is 17.7 Å². The lowest BCUT2D eigenvalue weighted by molar-refractivity contribution is -0.124. The number of carbonyl (C=O) groups is 1. The molecule has 2 rings (SSSR count). The smallest absolute Gasteiger partial charge is 0.287 e. The van der Waals surface area contributed by atoms with Gasteiger partial charge in [-0.15, -0.1) is 0 Å². The van der Waals surface area contributed by atoms with Crippen molar-refractivity contribution in [3.05, 3.63) is 30.3 Å². The standard InChI is InChI=1S/C10H10N2O2/c1-7-9(10(13)12-11-7)14-8-5-3-2-4-6-8/h2-6,9H,1H3,(H,12,13)/t9-/m0/s1. The highest BCUT2D eigenvalue weighted by Crippen LogP contribution is 2.13. The number of nitrogens with one attached hydrogen (secondary N) is 1. The van der Waals surface area contributed by atoms with E-state index in [0.29, 0.717) is 11.5 Å². The first-order valence-corrected chi connectivity index (χ1v) is 4.33. The summed E-state index contributed by atoms with van der Waals surface area (Å²) in [5, 5.41) is 3.79. The van der Waals surface area contributed by atoms with Crippen LogP contribution in [0.1, 0.15) is 6.92 Å². The van der Waals surface area contributed by atoms with Crippen LogP contribution in [-0.2, 0) is 4.79 Å². The average molecular weight is 190 g/mol. The number of ether oxygens (including phenoxy) is 1. The molecule has 0 fully saturated rings. The van der Waals surface area contributed by atoms with Gasteiger partial charge in [0.2, 0.25) is 6.10 Å².